The van der Waals surface area contributed by atoms with Gasteiger partial charge in [-0.1, -0.05) is 62.0 Å². The van der Waals surface area contributed by atoms with Gasteiger partial charge in [-0.2, -0.15) is 0 Å². The van der Waals surface area contributed by atoms with E-state index in [4.69, 9.17) is 21.1 Å². The average Bonchev–Trinajstić information content (AvgIpc) is 2.95. The smallest absolute Gasteiger partial charge is 0.230 e. The maximum Gasteiger partial charge on any atom is 0.230 e. The monoisotopic (exact) mass is 591 g/mol. The molecule has 1 saturated heterocycles. The van der Waals surface area contributed by atoms with E-state index in [1.807, 2.05) is 23.1 Å². The fourth-order valence-electron chi connectivity index (χ4n) is 4.74. The van der Waals surface area contributed by atoms with Gasteiger partial charge >= 0.3 is 0 Å². The minimum atomic E-state index is -0.106. The molecule has 0 radical (unpaired) electrons. The molecule has 1 aliphatic heterocycles. The SMILES string of the molecule is CCCCCCCC(=O)N1CCN(c2cc(Cl)nc(SCC(=O)NCCc3ccc(OC)c(OC)c3)n2)CC1C. The van der Waals surface area contributed by atoms with E-state index in [1.54, 1.807) is 20.3 Å². The average molecular weight is 592 g/mol. The Kier molecular flexibility index (Phi) is 13.1. The van der Waals surface area contributed by atoms with Crippen LogP contribution >= 0.6 is 23.4 Å². The lowest BCUT2D eigenvalue weighted by molar-refractivity contribution is -0.133. The Morgan fingerprint density at radius 1 is 1.07 bits per heavy atom. The molecule has 0 saturated carbocycles. The van der Waals surface area contributed by atoms with Gasteiger partial charge in [0.25, 0.3) is 0 Å². The minimum Gasteiger partial charge on any atom is -0.493 e. The second-order valence-electron chi connectivity index (χ2n) is 9.96. The number of carbonyl (C=O) groups is 2. The number of piperazine rings is 1. The van der Waals surface area contributed by atoms with E-state index in [1.165, 1.54) is 31.0 Å². The topological polar surface area (TPSA) is 96.9 Å². The number of methoxy groups -OCH3 is 2. The number of unbranched alkanes of at least 4 members (excludes halogenated alkanes) is 4. The molecule has 1 unspecified atom stereocenters. The lowest BCUT2D eigenvalue weighted by Crippen LogP contribution is -2.54. The van der Waals surface area contributed by atoms with Crippen molar-refractivity contribution in [2.45, 2.75) is 70.0 Å². The summed E-state index contributed by atoms with van der Waals surface area (Å²) in [5.41, 5.74) is 1.04. The molecule has 1 atom stereocenters. The number of rotatable bonds is 15. The van der Waals surface area contributed by atoms with Crippen LogP contribution in [-0.2, 0) is 16.0 Å². The number of carbonyl (C=O) groups excluding carboxylic acids is 2. The fourth-order valence-corrected chi connectivity index (χ4v) is 5.65. The Labute approximate surface area is 247 Å². The first kappa shape index (κ1) is 31.8. The molecule has 9 nitrogen and oxygen atoms in total. The summed E-state index contributed by atoms with van der Waals surface area (Å²) < 4.78 is 10.6. The summed E-state index contributed by atoms with van der Waals surface area (Å²) in [6, 6.07) is 7.54. The molecule has 1 aromatic carbocycles. The standard InChI is InChI=1S/C29H42ClN5O4S/c1-5-6-7-8-9-10-28(37)35-16-15-34(19-21(35)2)26-18-25(30)32-29(33-26)40-20-27(36)31-14-13-22-11-12-23(38-3)24(17-22)39-4/h11-12,17-18,21H,5-10,13-16,19-20H2,1-4H3,(H,31,36). The molecule has 2 aromatic rings. The van der Waals surface area contributed by atoms with E-state index in [9.17, 15) is 9.59 Å². The molecule has 40 heavy (non-hydrogen) atoms. The van der Waals surface area contributed by atoms with Gasteiger partial charge in [-0.05, 0) is 37.5 Å². The molecule has 0 aliphatic carbocycles. The zero-order chi connectivity index (χ0) is 28.9. The number of anilines is 1. The molecule has 11 heteroatoms. The van der Waals surface area contributed by atoms with Crippen molar-refractivity contribution >= 4 is 41.0 Å². The van der Waals surface area contributed by atoms with Crippen LogP contribution in [0.3, 0.4) is 0 Å². The Bertz CT molecular complexity index is 1120. The highest BCUT2D eigenvalue weighted by Crippen LogP contribution is 2.28. The van der Waals surface area contributed by atoms with Crippen LogP contribution in [0.2, 0.25) is 5.15 Å². The third-order valence-electron chi connectivity index (χ3n) is 6.94. The van der Waals surface area contributed by atoms with Gasteiger partial charge in [0.15, 0.2) is 16.7 Å². The van der Waals surface area contributed by atoms with Crippen molar-refractivity contribution in [2.24, 2.45) is 0 Å². The Balaban J connectivity index is 1.45. The summed E-state index contributed by atoms with van der Waals surface area (Å²) in [6.45, 7) is 6.78. The highest BCUT2D eigenvalue weighted by atomic mass is 35.5. The number of nitrogens with zero attached hydrogens (tertiary/aromatic N) is 4. The van der Waals surface area contributed by atoms with Gasteiger partial charge in [0, 0.05) is 44.7 Å². The number of benzene rings is 1. The van der Waals surface area contributed by atoms with Crippen molar-refractivity contribution in [1.29, 1.82) is 0 Å². The predicted molar refractivity (Wildman–Crippen MR) is 161 cm³/mol. The lowest BCUT2D eigenvalue weighted by Gasteiger charge is -2.40. The van der Waals surface area contributed by atoms with Gasteiger partial charge in [0.1, 0.15) is 11.0 Å². The third-order valence-corrected chi connectivity index (χ3v) is 7.98. The van der Waals surface area contributed by atoms with Gasteiger partial charge in [0.05, 0.1) is 20.0 Å². The van der Waals surface area contributed by atoms with Crippen LogP contribution in [-0.4, -0.2) is 78.9 Å². The maximum atomic E-state index is 12.8. The number of hydrogen-bond donors (Lipinski definition) is 1. The molecule has 1 N–H and O–H groups in total. The largest absolute Gasteiger partial charge is 0.493 e. The van der Waals surface area contributed by atoms with E-state index >= 15 is 0 Å². The van der Waals surface area contributed by atoms with Crippen LogP contribution in [0.25, 0.3) is 0 Å². The summed E-state index contributed by atoms with van der Waals surface area (Å²) in [5, 5.41) is 3.72. The Morgan fingerprint density at radius 2 is 1.85 bits per heavy atom. The van der Waals surface area contributed by atoms with Crippen molar-refractivity contribution in [1.82, 2.24) is 20.2 Å². The van der Waals surface area contributed by atoms with Crippen molar-refractivity contribution in [3.63, 3.8) is 0 Å². The highest BCUT2D eigenvalue weighted by Gasteiger charge is 2.28. The molecule has 2 amide bonds. The van der Waals surface area contributed by atoms with Crippen LogP contribution in [0.5, 0.6) is 11.5 Å². The third kappa shape index (κ3) is 9.73. The van der Waals surface area contributed by atoms with Crippen LogP contribution in [0.1, 0.15) is 57.9 Å². The van der Waals surface area contributed by atoms with Crippen LogP contribution in [0, 0.1) is 0 Å². The molecule has 1 aromatic heterocycles. The summed E-state index contributed by atoms with van der Waals surface area (Å²) in [7, 11) is 3.20. The number of ether oxygens (including phenoxy) is 2. The number of hydrogen-bond acceptors (Lipinski definition) is 8. The first-order chi connectivity index (χ1) is 19.3. The Morgan fingerprint density at radius 3 is 2.58 bits per heavy atom. The maximum absolute atomic E-state index is 12.8. The number of amides is 2. The highest BCUT2D eigenvalue weighted by molar-refractivity contribution is 7.99. The summed E-state index contributed by atoms with van der Waals surface area (Å²) in [4.78, 5) is 38.3. The van der Waals surface area contributed by atoms with E-state index in [-0.39, 0.29) is 23.6 Å². The number of aromatic nitrogens is 2. The first-order valence-corrected chi connectivity index (χ1v) is 15.4. The summed E-state index contributed by atoms with van der Waals surface area (Å²) >= 11 is 7.57. The zero-order valence-corrected chi connectivity index (χ0v) is 25.7. The van der Waals surface area contributed by atoms with Gasteiger partial charge in [0.2, 0.25) is 11.8 Å². The van der Waals surface area contributed by atoms with Gasteiger partial charge in [-0.25, -0.2) is 9.97 Å². The van der Waals surface area contributed by atoms with Crippen molar-refractivity contribution in [2.75, 3.05) is 51.1 Å². The molecule has 0 bridgehead atoms. The van der Waals surface area contributed by atoms with Crippen molar-refractivity contribution < 1.29 is 19.1 Å². The summed E-state index contributed by atoms with van der Waals surface area (Å²) in [6.07, 6.45) is 6.99. The second-order valence-corrected chi connectivity index (χ2v) is 11.3. The zero-order valence-electron chi connectivity index (χ0n) is 24.1. The van der Waals surface area contributed by atoms with Gasteiger partial charge in [-0.3, -0.25) is 9.59 Å². The van der Waals surface area contributed by atoms with Gasteiger partial charge < -0.3 is 24.6 Å². The Hall–Kier alpha value is -2.72. The number of thioether (sulfide) groups is 1. The number of nitrogens with one attached hydrogen (secondary N) is 1. The first-order valence-electron chi connectivity index (χ1n) is 14.0. The van der Waals surface area contributed by atoms with Gasteiger partial charge in [-0.15, -0.1) is 0 Å². The molecule has 220 valence electrons. The van der Waals surface area contributed by atoms with Crippen molar-refractivity contribution in [3.8, 4) is 11.5 Å². The molecular weight excluding hydrogens is 550 g/mol. The minimum absolute atomic E-state index is 0.0817. The molecule has 3 rings (SSSR count). The van der Waals surface area contributed by atoms with E-state index < -0.39 is 0 Å². The normalized spacial score (nSPS) is 15.2. The van der Waals surface area contributed by atoms with E-state index in [2.05, 4.69) is 34.0 Å². The molecular formula is C29H42ClN5O4S. The number of halogens is 1. The van der Waals surface area contributed by atoms with Crippen molar-refractivity contribution in [3.05, 3.63) is 35.0 Å². The second kappa shape index (κ2) is 16.5. The fraction of sp³-hybridized carbons (Fsp3) is 0.586. The van der Waals surface area contributed by atoms with E-state index in [0.29, 0.717) is 60.8 Å². The van der Waals surface area contributed by atoms with Crippen LogP contribution < -0.4 is 19.7 Å². The molecule has 1 aliphatic rings. The predicted octanol–water partition coefficient (Wildman–Crippen LogP) is 5.00. The molecule has 2 heterocycles. The van der Waals surface area contributed by atoms with Crippen LogP contribution in [0.15, 0.2) is 29.4 Å². The molecule has 0 spiro atoms. The quantitative estimate of drug-likeness (QED) is 0.134. The van der Waals surface area contributed by atoms with Crippen LogP contribution in [0.4, 0.5) is 5.82 Å². The van der Waals surface area contributed by atoms with E-state index in [0.717, 1.165) is 24.2 Å². The lowest BCUT2D eigenvalue weighted by atomic mass is 10.1. The summed E-state index contributed by atoms with van der Waals surface area (Å²) in [5.74, 6) is 2.36. The molecule has 1 fully saturated rings.